The first-order chi connectivity index (χ1) is 17.0. The lowest BCUT2D eigenvalue weighted by atomic mass is 9.83. The van der Waals surface area contributed by atoms with E-state index >= 15 is 0 Å². The van der Waals surface area contributed by atoms with Crippen LogP contribution in [0.25, 0.3) is 22.0 Å². The summed E-state index contributed by atoms with van der Waals surface area (Å²) in [5.41, 5.74) is 5.97. The smallest absolute Gasteiger partial charge is 0.408 e. The minimum Gasteiger partial charge on any atom is -0.408 e. The number of sulfonamides is 1. The Morgan fingerprint density at radius 1 is 0.943 bits per heavy atom. The molecule has 7 nitrogen and oxygen atoms in total. The van der Waals surface area contributed by atoms with Gasteiger partial charge < -0.3 is 8.98 Å². The fourth-order valence-electron chi connectivity index (χ4n) is 6.79. The molecule has 0 radical (unpaired) electrons. The number of nitrogens with zero attached hydrogens (tertiary/aromatic N) is 2. The fourth-order valence-corrected chi connectivity index (χ4v) is 8.42. The van der Waals surface area contributed by atoms with Gasteiger partial charge in [-0.2, -0.15) is 4.31 Å². The molecule has 1 saturated carbocycles. The minimum atomic E-state index is -3.75. The van der Waals surface area contributed by atoms with Crippen molar-refractivity contribution >= 4 is 32.0 Å². The molecule has 35 heavy (non-hydrogen) atoms. The van der Waals surface area contributed by atoms with Gasteiger partial charge in [-0.15, -0.1) is 0 Å². The van der Waals surface area contributed by atoms with E-state index in [4.69, 9.17) is 4.42 Å². The summed E-state index contributed by atoms with van der Waals surface area (Å²) in [7, 11) is -3.75. The SMILES string of the molecule is O=c1[nH]c2ccc(S(=O)(=O)N3CCn4c5c(c6cc(C7CCCCC7)ccc64)CCC[C@H]53)cc2o1. The van der Waals surface area contributed by atoms with Crippen molar-refractivity contribution in [2.75, 3.05) is 6.54 Å². The lowest BCUT2D eigenvalue weighted by Crippen LogP contribution is -2.43. The van der Waals surface area contributed by atoms with E-state index in [-0.39, 0.29) is 16.5 Å². The third-order valence-corrected chi connectivity index (χ3v) is 10.3. The van der Waals surface area contributed by atoms with Crippen molar-refractivity contribution in [2.24, 2.45) is 0 Å². The number of H-pyrrole nitrogens is 1. The van der Waals surface area contributed by atoms with E-state index in [0.29, 0.717) is 24.5 Å². The number of benzene rings is 2. The second-order valence-electron chi connectivity index (χ2n) is 10.3. The monoisotopic (exact) mass is 491 g/mol. The van der Waals surface area contributed by atoms with Gasteiger partial charge in [0.05, 0.1) is 16.5 Å². The average Bonchev–Trinajstić information content (AvgIpc) is 3.42. The van der Waals surface area contributed by atoms with Crippen LogP contribution >= 0.6 is 0 Å². The predicted molar refractivity (Wildman–Crippen MR) is 134 cm³/mol. The number of hydrogen-bond donors (Lipinski definition) is 1. The summed E-state index contributed by atoms with van der Waals surface area (Å²) in [5.74, 6) is 0.0681. The molecule has 2 aromatic carbocycles. The van der Waals surface area contributed by atoms with Gasteiger partial charge in [0.15, 0.2) is 5.58 Å². The molecule has 0 bridgehead atoms. The summed E-state index contributed by atoms with van der Waals surface area (Å²) >= 11 is 0. The van der Waals surface area contributed by atoms with Crippen LogP contribution in [0.5, 0.6) is 0 Å². The number of fused-ring (bicyclic) bond motifs is 4. The molecule has 1 aliphatic heterocycles. The Morgan fingerprint density at radius 3 is 2.66 bits per heavy atom. The van der Waals surface area contributed by atoms with Crippen LogP contribution in [0.4, 0.5) is 0 Å². The zero-order chi connectivity index (χ0) is 23.7. The van der Waals surface area contributed by atoms with Crippen LogP contribution in [0.1, 0.15) is 73.7 Å². The number of aryl methyl sites for hydroxylation is 1. The molecular formula is C27H29N3O4S. The molecule has 1 atom stereocenters. The molecule has 3 heterocycles. The molecule has 4 aromatic rings. The van der Waals surface area contributed by atoms with Gasteiger partial charge in [-0.1, -0.05) is 25.3 Å². The van der Waals surface area contributed by atoms with Gasteiger partial charge in [0.1, 0.15) is 0 Å². The Hall–Kier alpha value is -2.84. The average molecular weight is 492 g/mol. The highest BCUT2D eigenvalue weighted by atomic mass is 32.2. The third-order valence-electron chi connectivity index (χ3n) is 8.42. The van der Waals surface area contributed by atoms with Gasteiger partial charge in [-0.05, 0) is 73.4 Å². The quantitative estimate of drug-likeness (QED) is 0.426. The molecule has 2 aromatic heterocycles. The summed E-state index contributed by atoms with van der Waals surface area (Å²) in [6.07, 6.45) is 9.31. The van der Waals surface area contributed by atoms with Crippen molar-refractivity contribution in [3.05, 3.63) is 63.8 Å². The first-order valence-electron chi connectivity index (χ1n) is 12.8. The summed E-state index contributed by atoms with van der Waals surface area (Å²) in [6, 6.07) is 11.5. The number of aromatic amines is 1. The molecule has 0 amide bonds. The van der Waals surface area contributed by atoms with Crippen molar-refractivity contribution in [1.29, 1.82) is 0 Å². The fraction of sp³-hybridized carbons (Fsp3) is 0.444. The maximum Gasteiger partial charge on any atom is 0.417 e. The van der Waals surface area contributed by atoms with E-state index in [0.717, 1.165) is 19.3 Å². The molecule has 1 fully saturated rings. The van der Waals surface area contributed by atoms with Gasteiger partial charge in [0, 0.05) is 35.8 Å². The number of aromatic nitrogens is 2. The summed E-state index contributed by atoms with van der Waals surface area (Å²) in [4.78, 5) is 14.3. The Labute approximate surface area is 203 Å². The predicted octanol–water partition coefficient (Wildman–Crippen LogP) is 5.21. The Balaban J connectivity index is 1.31. The number of rotatable bonds is 3. The van der Waals surface area contributed by atoms with Crippen LogP contribution in [0.15, 0.2) is 50.5 Å². The van der Waals surface area contributed by atoms with E-state index < -0.39 is 15.8 Å². The van der Waals surface area contributed by atoms with Gasteiger partial charge in [0.2, 0.25) is 10.0 Å². The number of oxazole rings is 1. The molecule has 0 unspecified atom stereocenters. The highest BCUT2D eigenvalue weighted by Crippen LogP contribution is 2.45. The van der Waals surface area contributed by atoms with E-state index in [9.17, 15) is 13.2 Å². The van der Waals surface area contributed by atoms with Crippen LogP contribution < -0.4 is 5.76 Å². The Kier molecular flexibility index (Phi) is 4.80. The summed E-state index contributed by atoms with van der Waals surface area (Å²) in [6.45, 7) is 1.08. The highest BCUT2D eigenvalue weighted by molar-refractivity contribution is 7.89. The molecule has 3 aliphatic rings. The minimum absolute atomic E-state index is 0.169. The van der Waals surface area contributed by atoms with E-state index in [1.807, 2.05) is 0 Å². The van der Waals surface area contributed by atoms with Crippen molar-refractivity contribution in [3.63, 3.8) is 0 Å². The first kappa shape index (κ1) is 21.4. The van der Waals surface area contributed by atoms with E-state index in [1.54, 1.807) is 16.4 Å². The second-order valence-corrected chi connectivity index (χ2v) is 12.2. The maximum atomic E-state index is 13.8. The largest absolute Gasteiger partial charge is 0.417 e. The van der Waals surface area contributed by atoms with Crippen molar-refractivity contribution in [3.8, 4) is 0 Å². The van der Waals surface area contributed by atoms with E-state index in [2.05, 4.69) is 27.8 Å². The van der Waals surface area contributed by atoms with Gasteiger partial charge >= 0.3 is 5.76 Å². The first-order valence-corrected chi connectivity index (χ1v) is 14.2. The molecule has 1 N–H and O–H groups in total. The van der Waals surface area contributed by atoms with Crippen LogP contribution in [-0.4, -0.2) is 28.8 Å². The molecule has 2 aliphatic carbocycles. The molecule has 7 rings (SSSR count). The highest BCUT2D eigenvalue weighted by Gasteiger charge is 2.41. The molecule has 8 heteroatoms. The molecular weight excluding hydrogens is 462 g/mol. The molecule has 182 valence electrons. The van der Waals surface area contributed by atoms with E-state index in [1.165, 1.54) is 65.9 Å². The van der Waals surface area contributed by atoms with Gasteiger partial charge in [0.25, 0.3) is 0 Å². The van der Waals surface area contributed by atoms with Gasteiger partial charge in [-0.25, -0.2) is 13.2 Å². The van der Waals surface area contributed by atoms with Crippen molar-refractivity contribution in [1.82, 2.24) is 13.9 Å². The van der Waals surface area contributed by atoms with Crippen LogP contribution in [0.2, 0.25) is 0 Å². The maximum absolute atomic E-state index is 13.8. The topological polar surface area (TPSA) is 88.3 Å². The Bertz CT molecular complexity index is 1620. The standard InChI is InChI=1S/C27H29N3O4S/c31-27-28-22-11-10-19(16-25(22)34-27)35(32,33)30-14-13-29-23-12-9-18(17-5-2-1-3-6-17)15-21(23)20-7-4-8-24(30)26(20)29/h9-12,15-17,24H,1-8,13-14H2,(H,28,31)/t24-/m1/s1. The number of nitrogens with one attached hydrogen (secondary N) is 1. The number of hydrogen-bond acceptors (Lipinski definition) is 4. The lowest BCUT2D eigenvalue weighted by molar-refractivity contribution is 0.243. The normalized spacial score (nSPS) is 21.5. The molecule has 0 spiro atoms. The van der Waals surface area contributed by atoms with Crippen LogP contribution in [-0.2, 0) is 23.0 Å². The second kappa shape index (κ2) is 7.83. The lowest BCUT2D eigenvalue weighted by Gasteiger charge is -2.39. The van der Waals surface area contributed by atoms with Crippen LogP contribution in [0.3, 0.4) is 0 Å². The van der Waals surface area contributed by atoms with Gasteiger partial charge in [-0.3, -0.25) is 4.98 Å². The summed E-state index contributed by atoms with van der Waals surface area (Å²) < 4.78 is 36.8. The zero-order valence-electron chi connectivity index (χ0n) is 19.6. The zero-order valence-corrected chi connectivity index (χ0v) is 20.4. The van der Waals surface area contributed by atoms with Crippen LogP contribution in [0, 0.1) is 0 Å². The summed E-state index contributed by atoms with van der Waals surface area (Å²) in [5, 5.41) is 1.32. The third kappa shape index (κ3) is 3.26. The Morgan fingerprint density at radius 2 is 1.80 bits per heavy atom. The van der Waals surface area contributed by atoms with Crippen molar-refractivity contribution < 1.29 is 12.8 Å². The molecule has 0 saturated heterocycles. The van der Waals surface area contributed by atoms with Crippen molar-refractivity contribution in [2.45, 2.75) is 74.8 Å².